The van der Waals surface area contributed by atoms with Crippen LogP contribution in [0.25, 0.3) is 0 Å². The molecule has 2 rings (SSSR count). The van der Waals surface area contributed by atoms with Crippen molar-refractivity contribution in [3.05, 3.63) is 28.3 Å². The summed E-state index contributed by atoms with van der Waals surface area (Å²) >= 11 is 0. The average Bonchev–Trinajstić information content (AvgIpc) is 2.47. The molecule has 0 bridgehead atoms. The van der Waals surface area contributed by atoms with Gasteiger partial charge in [-0.3, -0.25) is 10.1 Å². The van der Waals surface area contributed by atoms with Crippen LogP contribution in [-0.2, 0) is 4.74 Å². The third-order valence-corrected chi connectivity index (χ3v) is 3.15. The molecule has 110 valence electrons. The molecule has 7 nitrogen and oxygen atoms in total. The van der Waals surface area contributed by atoms with Crippen molar-refractivity contribution in [1.29, 1.82) is 0 Å². The van der Waals surface area contributed by atoms with E-state index < -0.39 is 4.92 Å². The van der Waals surface area contributed by atoms with E-state index >= 15 is 0 Å². The number of benzene rings is 1. The summed E-state index contributed by atoms with van der Waals surface area (Å²) in [6.07, 6.45) is -0.227. The van der Waals surface area contributed by atoms with E-state index in [0.29, 0.717) is 26.3 Å². The number of nitro groups is 1. The van der Waals surface area contributed by atoms with Gasteiger partial charge in [0.15, 0.2) is 5.75 Å². The van der Waals surface area contributed by atoms with Gasteiger partial charge in [-0.2, -0.15) is 0 Å². The molecule has 0 amide bonds. The molecule has 0 aliphatic carbocycles. The molecule has 7 heteroatoms. The number of aliphatic hydroxyl groups is 1. The Morgan fingerprint density at radius 2 is 2.40 bits per heavy atom. The van der Waals surface area contributed by atoms with Crippen LogP contribution in [0.5, 0.6) is 5.75 Å². The Bertz CT molecular complexity index is 480. The van der Waals surface area contributed by atoms with Gasteiger partial charge in [-0.1, -0.05) is 0 Å². The Balaban J connectivity index is 2.23. The lowest BCUT2D eigenvalue weighted by atomic mass is 10.2. The van der Waals surface area contributed by atoms with Crippen LogP contribution in [0.4, 0.5) is 11.4 Å². The van der Waals surface area contributed by atoms with Gasteiger partial charge in [-0.05, 0) is 13.0 Å². The van der Waals surface area contributed by atoms with Crippen LogP contribution in [0.15, 0.2) is 18.2 Å². The first-order valence-electron chi connectivity index (χ1n) is 6.54. The van der Waals surface area contributed by atoms with Crippen molar-refractivity contribution in [1.82, 2.24) is 0 Å². The van der Waals surface area contributed by atoms with Gasteiger partial charge >= 0.3 is 5.69 Å². The van der Waals surface area contributed by atoms with Crippen LogP contribution in [0, 0.1) is 10.1 Å². The number of ether oxygens (including phenoxy) is 2. The van der Waals surface area contributed by atoms with E-state index in [-0.39, 0.29) is 24.1 Å². The Morgan fingerprint density at radius 3 is 3.05 bits per heavy atom. The van der Waals surface area contributed by atoms with Gasteiger partial charge in [0, 0.05) is 30.9 Å². The van der Waals surface area contributed by atoms with Crippen molar-refractivity contribution in [2.45, 2.75) is 13.0 Å². The number of morpholine rings is 1. The van der Waals surface area contributed by atoms with Crippen molar-refractivity contribution in [3.8, 4) is 5.75 Å². The Labute approximate surface area is 116 Å². The van der Waals surface area contributed by atoms with Gasteiger partial charge in [0.05, 0.1) is 30.8 Å². The second-order valence-corrected chi connectivity index (χ2v) is 4.46. The molecule has 0 radical (unpaired) electrons. The standard InChI is InChI=1S/C13H18N2O5/c1-2-19-13-7-10(3-4-12(13)15(17)18)14-5-6-20-11(8-14)9-16/h3-4,7,11,16H,2,5-6,8-9H2,1H3. The molecular weight excluding hydrogens is 264 g/mol. The number of anilines is 1. The van der Waals surface area contributed by atoms with Gasteiger partial charge in [0.2, 0.25) is 0 Å². The van der Waals surface area contributed by atoms with Crippen molar-refractivity contribution >= 4 is 11.4 Å². The summed E-state index contributed by atoms with van der Waals surface area (Å²) in [6.45, 7) is 3.87. The first kappa shape index (κ1) is 14.5. The predicted molar refractivity (Wildman–Crippen MR) is 73.3 cm³/mol. The molecule has 0 saturated carbocycles. The summed E-state index contributed by atoms with van der Waals surface area (Å²) in [5.74, 6) is 0.266. The maximum Gasteiger partial charge on any atom is 0.311 e. The van der Waals surface area contributed by atoms with Crippen LogP contribution in [0.2, 0.25) is 0 Å². The van der Waals surface area contributed by atoms with E-state index in [2.05, 4.69) is 0 Å². The summed E-state index contributed by atoms with van der Waals surface area (Å²) in [7, 11) is 0. The van der Waals surface area contributed by atoms with Crippen LogP contribution >= 0.6 is 0 Å². The second kappa shape index (κ2) is 6.53. The lowest BCUT2D eigenvalue weighted by Crippen LogP contribution is -2.44. The average molecular weight is 282 g/mol. The summed E-state index contributed by atoms with van der Waals surface area (Å²) in [5, 5.41) is 20.1. The molecule has 1 N–H and O–H groups in total. The van der Waals surface area contributed by atoms with Gasteiger partial charge in [0.1, 0.15) is 0 Å². The molecule has 1 aromatic rings. The van der Waals surface area contributed by atoms with Crippen molar-refractivity contribution in [2.75, 3.05) is 37.8 Å². The SMILES string of the molecule is CCOc1cc(N2CCOC(CO)C2)ccc1[N+](=O)[O-]. The van der Waals surface area contributed by atoms with Crippen molar-refractivity contribution in [3.63, 3.8) is 0 Å². The van der Waals surface area contributed by atoms with Gasteiger partial charge in [0.25, 0.3) is 0 Å². The zero-order valence-corrected chi connectivity index (χ0v) is 11.3. The minimum absolute atomic E-state index is 0.0393. The number of aliphatic hydroxyl groups excluding tert-OH is 1. The third kappa shape index (κ3) is 3.17. The normalized spacial score (nSPS) is 18.9. The quantitative estimate of drug-likeness (QED) is 0.645. The smallest absolute Gasteiger partial charge is 0.311 e. The molecule has 1 aromatic carbocycles. The van der Waals surface area contributed by atoms with E-state index in [0.717, 1.165) is 5.69 Å². The third-order valence-electron chi connectivity index (χ3n) is 3.15. The molecule has 1 fully saturated rings. The molecule has 1 saturated heterocycles. The summed E-state index contributed by atoms with van der Waals surface area (Å²) in [4.78, 5) is 12.5. The number of hydrogen-bond donors (Lipinski definition) is 1. The van der Waals surface area contributed by atoms with Crippen LogP contribution in [-0.4, -0.2) is 49.0 Å². The molecule has 1 aliphatic rings. The van der Waals surface area contributed by atoms with Crippen molar-refractivity contribution < 1.29 is 19.5 Å². The lowest BCUT2D eigenvalue weighted by Gasteiger charge is -2.33. The minimum Gasteiger partial charge on any atom is -0.487 e. The number of nitrogens with zero attached hydrogens (tertiary/aromatic N) is 2. The minimum atomic E-state index is -0.454. The fraction of sp³-hybridized carbons (Fsp3) is 0.538. The highest BCUT2D eigenvalue weighted by atomic mass is 16.6. The molecule has 1 atom stereocenters. The van der Waals surface area contributed by atoms with Crippen LogP contribution in [0.3, 0.4) is 0 Å². The maximum atomic E-state index is 10.9. The predicted octanol–water partition coefficient (Wildman–Crippen LogP) is 1.19. The summed E-state index contributed by atoms with van der Waals surface area (Å²) in [5.41, 5.74) is 0.795. The molecule has 1 unspecified atom stereocenters. The van der Waals surface area contributed by atoms with Crippen LogP contribution < -0.4 is 9.64 Å². The van der Waals surface area contributed by atoms with E-state index in [4.69, 9.17) is 14.6 Å². The molecular formula is C13H18N2O5. The van der Waals surface area contributed by atoms with E-state index in [1.165, 1.54) is 6.07 Å². The molecule has 1 heterocycles. The highest BCUT2D eigenvalue weighted by Gasteiger charge is 2.22. The second-order valence-electron chi connectivity index (χ2n) is 4.46. The topological polar surface area (TPSA) is 85.1 Å². The fourth-order valence-electron chi connectivity index (χ4n) is 2.19. The lowest BCUT2D eigenvalue weighted by molar-refractivity contribution is -0.385. The van der Waals surface area contributed by atoms with E-state index in [9.17, 15) is 10.1 Å². The van der Waals surface area contributed by atoms with E-state index in [1.807, 2.05) is 4.90 Å². The largest absolute Gasteiger partial charge is 0.487 e. The molecule has 0 aromatic heterocycles. The Hall–Kier alpha value is -1.86. The summed E-state index contributed by atoms with van der Waals surface area (Å²) in [6, 6.07) is 4.81. The van der Waals surface area contributed by atoms with Gasteiger partial charge in [-0.15, -0.1) is 0 Å². The zero-order valence-electron chi connectivity index (χ0n) is 11.3. The molecule has 0 spiro atoms. The van der Waals surface area contributed by atoms with Crippen LogP contribution in [0.1, 0.15) is 6.92 Å². The maximum absolute atomic E-state index is 10.9. The number of hydrogen-bond acceptors (Lipinski definition) is 6. The monoisotopic (exact) mass is 282 g/mol. The van der Waals surface area contributed by atoms with E-state index in [1.54, 1.807) is 19.1 Å². The number of rotatable bonds is 5. The highest BCUT2D eigenvalue weighted by Crippen LogP contribution is 2.32. The Kier molecular flexibility index (Phi) is 4.75. The highest BCUT2D eigenvalue weighted by molar-refractivity contribution is 5.59. The van der Waals surface area contributed by atoms with Crippen molar-refractivity contribution in [2.24, 2.45) is 0 Å². The number of nitro benzene ring substituents is 1. The first-order chi connectivity index (χ1) is 9.65. The first-order valence-corrected chi connectivity index (χ1v) is 6.54. The van der Waals surface area contributed by atoms with Gasteiger partial charge < -0.3 is 19.5 Å². The summed E-state index contributed by atoms with van der Waals surface area (Å²) < 4.78 is 10.7. The molecule has 1 aliphatic heterocycles. The van der Waals surface area contributed by atoms with Gasteiger partial charge in [-0.25, -0.2) is 0 Å². The fourth-order valence-corrected chi connectivity index (χ4v) is 2.19. The Morgan fingerprint density at radius 1 is 1.60 bits per heavy atom. The zero-order chi connectivity index (χ0) is 14.5. The molecule has 20 heavy (non-hydrogen) atoms.